The lowest BCUT2D eigenvalue weighted by Crippen LogP contribution is -2.49. The average Bonchev–Trinajstić information content (AvgIpc) is 4.25. The molecular weight excluding hydrogens is 857 g/mol. The second-order valence-electron chi connectivity index (χ2n) is 19.7. The first-order chi connectivity index (χ1) is 33.1. The lowest BCUT2D eigenvalue weighted by Gasteiger charge is -2.35. The number of likely N-dealkylation sites (tertiary alicyclic amines) is 4. The first kappa shape index (κ1) is 47.1. The fourth-order valence-electron chi connectivity index (χ4n) is 11.5. The number of amides is 4. The highest BCUT2D eigenvalue weighted by atomic mass is 16.4. The van der Waals surface area contributed by atoms with Crippen LogP contribution in [0.25, 0.3) is 22.3 Å². The third-order valence-electron chi connectivity index (χ3n) is 15.2. The van der Waals surface area contributed by atoms with Crippen molar-refractivity contribution in [1.82, 2.24) is 40.2 Å². The van der Waals surface area contributed by atoms with E-state index in [-0.39, 0.29) is 65.2 Å². The van der Waals surface area contributed by atoms with Crippen molar-refractivity contribution >= 4 is 29.6 Å². The van der Waals surface area contributed by atoms with Crippen LogP contribution < -0.4 is 10.6 Å². The smallest absolute Gasteiger partial charge is 0.326 e. The third kappa shape index (κ3) is 10.8. The van der Waals surface area contributed by atoms with Crippen molar-refractivity contribution in [2.75, 3.05) is 45.8 Å². The predicted molar refractivity (Wildman–Crippen MR) is 260 cm³/mol. The molecule has 14 nitrogen and oxygen atoms in total. The molecule has 3 N–H and O–H groups in total. The summed E-state index contributed by atoms with van der Waals surface area (Å²) in [5, 5.41) is 16.2. The molecule has 1 aliphatic carbocycles. The molecule has 0 bridgehead atoms. The Hall–Kier alpha value is -5.99. The van der Waals surface area contributed by atoms with Gasteiger partial charge in [0.25, 0.3) is 23.6 Å². The molecule has 2 aromatic carbocycles. The maximum Gasteiger partial charge on any atom is 0.326 e. The lowest BCUT2D eigenvalue weighted by molar-refractivity contribution is -0.141. The number of carbonyl (C=O) groups is 5. The zero-order valence-corrected chi connectivity index (χ0v) is 39.4. The number of carboxylic acids is 1. The van der Waals surface area contributed by atoms with E-state index in [0.29, 0.717) is 37.1 Å². The summed E-state index contributed by atoms with van der Waals surface area (Å²) >= 11 is 0. The molecule has 6 heterocycles. The standard InChI is InChI=1S/C54H66N8O6/c1-36(60-25-10-11-26-60)48-22-14-28-62(48)53(66)47-33-42(31-45(57-47)51(64)58-49(54(67)68)39-18-6-3-7-19-39)41-30-44(50(63)55-34-37-15-12-20-40(29-37)38-16-4-2-5-17-38)56-46(32-41)52(65)61-27-13-21-43(61)35-59-23-8-9-24-59/h2,4-5,12,15-17,20,29-33,36,39,43,48-49H,3,6-11,13-14,18-19,21-28,34-35H2,1H3,(H,55,63)(H,58,64)(H,67,68). The van der Waals surface area contributed by atoms with Crippen LogP contribution in [0.1, 0.15) is 138 Å². The van der Waals surface area contributed by atoms with Gasteiger partial charge in [-0.15, -0.1) is 0 Å². The van der Waals surface area contributed by atoms with Gasteiger partial charge in [0, 0.05) is 44.3 Å². The molecule has 0 spiro atoms. The van der Waals surface area contributed by atoms with Crippen molar-refractivity contribution in [3.05, 3.63) is 107 Å². The number of carboxylic acid groups (broad SMARTS) is 1. The summed E-state index contributed by atoms with van der Waals surface area (Å²) in [4.78, 5) is 89.0. The number of benzene rings is 2. The number of hydrogen-bond donors (Lipinski definition) is 3. The van der Waals surface area contributed by atoms with Crippen LogP contribution in [0, 0.1) is 5.92 Å². The van der Waals surface area contributed by atoms with Crippen molar-refractivity contribution in [3.63, 3.8) is 0 Å². The Morgan fingerprint density at radius 1 is 0.603 bits per heavy atom. The summed E-state index contributed by atoms with van der Waals surface area (Å²) < 4.78 is 0. The van der Waals surface area contributed by atoms with Gasteiger partial charge in [0.15, 0.2) is 0 Å². The van der Waals surface area contributed by atoms with E-state index in [1.807, 2.05) is 64.4 Å². The van der Waals surface area contributed by atoms with Gasteiger partial charge in [0.1, 0.15) is 28.8 Å². The number of pyridine rings is 2. The molecule has 68 heavy (non-hydrogen) atoms. The largest absolute Gasteiger partial charge is 0.480 e. The topological polar surface area (TPSA) is 168 Å². The SMILES string of the molecule is CC(C1CCCN1C(=O)c1cc(-c2cc(C(=O)NCc3cccc(-c4ccccc4)c3)nc(C(=O)N3CCCC3CN3CCCC3)c2)cc(C(=O)NC(C(=O)O)C2CCCCC2)n1)N1CCCC1. The van der Waals surface area contributed by atoms with Gasteiger partial charge in [-0.05, 0) is 161 Å². The number of aromatic nitrogens is 2. The maximum absolute atomic E-state index is 14.8. The number of rotatable bonds is 15. The molecule has 14 heteroatoms. The van der Waals surface area contributed by atoms with Gasteiger partial charge >= 0.3 is 5.97 Å². The van der Waals surface area contributed by atoms with Gasteiger partial charge in [-0.3, -0.25) is 24.1 Å². The zero-order valence-electron chi connectivity index (χ0n) is 39.4. The highest BCUT2D eigenvalue weighted by Crippen LogP contribution is 2.32. The molecule has 4 aromatic rings. The van der Waals surface area contributed by atoms with Gasteiger partial charge < -0.3 is 30.4 Å². The minimum absolute atomic E-state index is 0.00312. The zero-order chi connectivity index (χ0) is 47.1. The Bertz CT molecular complexity index is 2460. The molecule has 358 valence electrons. The highest BCUT2D eigenvalue weighted by Gasteiger charge is 2.38. The van der Waals surface area contributed by atoms with Gasteiger partial charge in [-0.1, -0.05) is 67.8 Å². The van der Waals surface area contributed by atoms with E-state index in [4.69, 9.17) is 9.97 Å². The summed E-state index contributed by atoms with van der Waals surface area (Å²) in [7, 11) is 0. The van der Waals surface area contributed by atoms with Crippen molar-refractivity contribution in [3.8, 4) is 22.3 Å². The highest BCUT2D eigenvalue weighted by molar-refractivity contribution is 6.01. The van der Waals surface area contributed by atoms with Gasteiger partial charge in [-0.2, -0.15) is 0 Å². The van der Waals surface area contributed by atoms with Crippen molar-refractivity contribution in [2.45, 2.75) is 121 Å². The van der Waals surface area contributed by atoms with Crippen LogP contribution in [0.2, 0.25) is 0 Å². The van der Waals surface area contributed by atoms with Crippen LogP contribution in [0.3, 0.4) is 0 Å². The molecular formula is C54H66N8O6. The molecule has 5 aliphatic rings. The number of nitrogens with zero attached hydrogens (tertiary/aromatic N) is 6. The predicted octanol–water partition coefficient (Wildman–Crippen LogP) is 7.29. The van der Waals surface area contributed by atoms with Gasteiger partial charge in [0.2, 0.25) is 0 Å². The summed E-state index contributed by atoms with van der Waals surface area (Å²) in [5.41, 5.74) is 3.77. The fraction of sp³-hybridized carbons (Fsp3) is 0.500. The number of carbonyl (C=O) groups excluding carboxylic acids is 4. The number of aliphatic carboxylic acids is 1. The van der Waals surface area contributed by atoms with Crippen LogP contribution in [-0.2, 0) is 11.3 Å². The first-order valence-corrected chi connectivity index (χ1v) is 25.2. The third-order valence-corrected chi connectivity index (χ3v) is 15.2. The van der Waals surface area contributed by atoms with E-state index in [1.165, 1.54) is 6.07 Å². The molecule has 4 atom stereocenters. The van der Waals surface area contributed by atoms with Gasteiger partial charge in [0.05, 0.1) is 0 Å². The molecule has 4 saturated heterocycles. The summed E-state index contributed by atoms with van der Waals surface area (Å²) in [6.45, 7) is 8.26. The van der Waals surface area contributed by atoms with Crippen LogP contribution in [0.4, 0.5) is 0 Å². The Kier molecular flexibility index (Phi) is 14.9. The summed E-state index contributed by atoms with van der Waals surface area (Å²) in [5.74, 6) is -3.14. The normalized spacial score (nSPS) is 21.2. The lowest BCUT2D eigenvalue weighted by atomic mass is 9.84. The van der Waals surface area contributed by atoms with Gasteiger partial charge in [-0.25, -0.2) is 14.8 Å². The molecule has 0 radical (unpaired) electrons. The molecule has 4 aliphatic heterocycles. The van der Waals surface area contributed by atoms with E-state index < -0.39 is 23.8 Å². The van der Waals surface area contributed by atoms with Crippen LogP contribution in [-0.4, -0.2) is 134 Å². The molecule has 2 aromatic heterocycles. The molecule has 4 amide bonds. The summed E-state index contributed by atoms with van der Waals surface area (Å²) in [6, 6.07) is 23.4. The van der Waals surface area contributed by atoms with Crippen LogP contribution >= 0.6 is 0 Å². The molecule has 9 rings (SSSR count). The van der Waals surface area contributed by atoms with Crippen molar-refractivity contribution in [2.24, 2.45) is 5.92 Å². The molecule has 4 unspecified atom stereocenters. The average molecular weight is 923 g/mol. The fourth-order valence-corrected chi connectivity index (χ4v) is 11.5. The Morgan fingerprint density at radius 2 is 1.21 bits per heavy atom. The van der Waals surface area contributed by atoms with Crippen molar-refractivity contribution < 1.29 is 29.1 Å². The molecule has 5 fully saturated rings. The number of nitrogens with one attached hydrogen (secondary N) is 2. The summed E-state index contributed by atoms with van der Waals surface area (Å²) in [6.07, 6.45) is 12.1. The van der Waals surface area contributed by atoms with Crippen LogP contribution in [0.5, 0.6) is 0 Å². The number of hydrogen-bond acceptors (Lipinski definition) is 9. The van der Waals surface area contributed by atoms with E-state index >= 15 is 0 Å². The quantitative estimate of drug-likeness (QED) is 0.110. The monoisotopic (exact) mass is 923 g/mol. The first-order valence-electron chi connectivity index (χ1n) is 25.2. The Balaban J connectivity index is 1.08. The van der Waals surface area contributed by atoms with E-state index in [9.17, 15) is 29.1 Å². The van der Waals surface area contributed by atoms with E-state index in [1.54, 1.807) is 18.2 Å². The minimum atomic E-state index is -1.13. The minimum Gasteiger partial charge on any atom is -0.480 e. The van der Waals surface area contributed by atoms with Crippen molar-refractivity contribution in [1.29, 1.82) is 0 Å². The van der Waals surface area contributed by atoms with E-state index in [0.717, 1.165) is 120 Å². The second kappa shape index (κ2) is 21.5. The van der Waals surface area contributed by atoms with E-state index in [2.05, 4.69) is 27.4 Å². The molecule has 1 saturated carbocycles. The second-order valence-corrected chi connectivity index (χ2v) is 19.7. The Labute approximate surface area is 399 Å². The maximum atomic E-state index is 14.8. The van der Waals surface area contributed by atoms with Crippen LogP contribution in [0.15, 0.2) is 78.9 Å². The Morgan fingerprint density at radius 3 is 1.90 bits per heavy atom.